The van der Waals surface area contributed by atoms with Crippen molar-refractivity contribution in [2.24, 2.45) is 0 Å². The van der Waals surface area contributed by atoms with Crippen molar-refractivity contribution >= 4 is 11.3 Å². The van der Waals surface area contributed by atoms with Gasteiger partial charge in [-0.2, -0.15) is 0 Å². The van der Waals surface area contributed by atoms with Crippen molar-refractivity contribution in [1.82, 2.24) is 10.3 Å². The first-order chi connectivity index (χ1) is 9.11. The molecule has 3 nitrogen and oxygen atoms in total. The third-order valence-electron chi connectivity index (χ3n) is 3.08. The molecule has 0 unspecified atom stereocenters. The highest BCUT2D eigenvalue weighted by atomic mass is 32.1. The van der Waals surface area contributed by atoms with E-state index in [1.165, 1.54) is 0 Å². The summed E-state index contributed by atoms with van der Waals surface area (Å²) >= 11 is 1.67. The van der Waals surface area contributed by atoms with Crippen LogP contribution in [0.15, 0.2) is 35.7 Å². The quantitative estimate of drug-likeness (QED) is 0.852. The zero-order valence-corrected chi connectivity index (χ0v) is 12.2. The molecule has 0 aliphatic heterocycles. The van der Waals surface area contributed by atoms with Gasteiger partial charge < -0.3 is 10.4 Å². The molecule has 1 aromatic carbocycles. The average Bonchev–Trinajstić information content (AvgIpc) is 2.86. The molecule has 0 amide bonds. The smallest absolute Gasteiger partial charge is 0.107 e. The number of rotatable bonds is 6. The molecule has 0 saturated heterocycles. The number of aromatic nitrogens is 1. The van der Waals surface area contributed by atoms with Crippen molar-refractivity contribution in [1.29, 1.82) is 0 Å². The fourth-order valence-corrected chi connectivity index (χ4v) is 2.56. The lowest BCUT2D eigenvalue weighted by molar-refractivity contribution is 0.230. The van der Waals surface area contributed by atoms with E-state index in [0.717, 1.165) is 29.2 Å². The Labute approximate surface area is 118 Å². The minimum atomic E-state index is -0.0622. The van der Waals surface area contributed by atoms with Crippen LogP contribution in [0, 0.1) is 0 Å². The zero-order chi connectivity index (χ0) is 13.7. The molecular weight excluding hydrogens is 256 g/mol. The Bertz CT molecular complexity index is 508. The van der Waals surface area contributed by atoms with Gasteiger partial charge in [-0.3, -0.25) is 0 Å². The Kier molecular flexibility index (Phi) is 4.69. The highest BCUT2D eigenvalue weighted by molar-refractivity contribution is 7.09. The van der Waals surface area contributed by atoms with Crippen LogP contribution >= 0.6 is 11.3 Å². The number of aliphatic hydroxyl groups is 1. The lowest BCUT2D eigenvalue weighted by Crippen LogP contribution is -2.39. The van der Waals surface area contributed by atoms with Gasteiger partial charge in [0.1, 0.15) is 5.01 Å². The first-order valence-corrected chi connectivity index (χ1v) is 7.34. The normalized spacial score (nSPS) is 11.7. The van der Waals surface area contributed by atoms with E-state index in [2.05, 4.69) is 41.7 Å². The van der Waals surface area contributed by atoms with E-state index in [4.69, 9.17) is 5.11 Å². The first-order valence-electron chi connectivity index (χ1n) is 6.46. The second-order valence-corrected chi connectivity index (χ2v) is 6.15. The SMILES string of the molecule is CC(C)(CCO)NCc1nc(-c2ccccc2)cs1. The summed E-state index contributed by atoms with van der Waals surface area (Å²) in [5.41, 5.74) is 2.12. The summed E-state index contributed by atoms with van der Waals surface area (Å²) in [5, 5.41) is 15.6. The number of benzene rings is 1. The minimum Gasteiger partial charge on any atom is -0.396 e. The molecule has 4 heteroatoms. The minimum absolute atomic E-state index is 0.0622. The van der Waals surface area contributed by atoms with Crippen LogP contribution in [0.5, 0.6) is 0 Å². The summed E-state index contributed by atoms with van der Waals surface area (Å²) in [6.45, 7) is 5.13. The van der Waals surface area contributed by atoms with Crippen LogP contribution in [-0.2, 0) is 6.54 Å². The lowest BCUT2D eigenvalue weighted by Gasteiger charge is -2.24. The summed E-state index contributed by atoms with van der Waals surface area (Å²) in [6, 6.07) is 10.2. The van der Waals surface area contributed by atoms with Gasteiger partial charge in [0.15, 0.2) is 0 Å². The molecular formula is C15H20N2OS. The van der Waals surface area contributed by atoms with Crippen LogP contribution in [-0.4, -0.2) is 22.2 Å². The van der Waals surface area contributed by atoms with Crippen molar-refractivity contribution < 1.29 is 5.11 Å². The molecule has 2 rings (SSSR count). The molecule has 0 atom stereocenters. The van der Waals surface area contributed by atoms with Gasteiger partial charge in [-0.05, 0) is 20.3 Å². The van der Waals surface area contributed by atoms with Gasteiger partial charge in [0.2, 0.25) is 0 Å². The Morgan fingerprint density at radius 3 is 2.68 bits per heavy atom. The fraction of sp³-hybridized carbons (Fsp3) is 0.400. The molecule has 0 bridgehead atoms. The number of aliphatic hydroxyl groups excluding tert-OH is 1. The van der Waals surface area contributed by atoms with E-state index in [9.17, 15) is 0 Å². The Morgan fingerprint density at radius 2 is 2.00 bits per heavy atom. The Hall–Kier alpha value is -1.23. The summed E-state index contributed by atoms with van der Waals surface area (Å²) < 4.78 is 0. The van der Waals surface area contributed by atoms with E-state index in [-0.39, 0.29) is 12.1 Å². The Balaban J connectivity index is 1.99. The topological polar surface area (TPSA) is 45.1 Å². The van der Waals surface area contributed by atoms with Crippen LogP contribution in [0.4, 0.5) is 0 Å². The summed E-state index contributed by atoms with van der Waals surface area (Å²) in [7, 11) is 0. The largest absolute Gasteiger partial charge is 0.396 e. The molecule has 2 aromatic rings. The summed E-state index contributed by atoms with van der Waals surface area (Å²) in [4.78, 5) is 4.64. The maximum absolute atomic E-state index is 9.00. The molecule has 102 valence electrons. The van der Waals surface area contributed by atoms with Crippen LogP contribution in [0.2, 0.25) is 0 Å². The number of nitrogens with one attached hydrogen (secondary N) is 1. The van der Waals surface area contributed by atoms with E-state index >= 15 is 0 Å². The molecule has 19 heavy (non-hydrogen) atoms. The predicted molar refractivity (Wildman–Crippen MR) is 80.2 cm³/mol. The molecule has 0 saturated carbocycles. The zero-order valence-electron chi connectivity index (χ0n) is 11.4. The number of nitrogens with zero attached hydrogens (tertiary/aromatic N) is 1. The third kappa shape index (κ3) is 4.13. The van der Waals surface area contributed by atoms with Gasteiger partial charge in [0, 0.05) is 29.6 Å². The van der Waals surface area contributed by atoms with Crippen molar-refractivity contribution in [3.05, 3.63) is 40.7 Å². The van der Waals surface area contributed by atoms with Crippen LogP contribution in [0.3, 0.4) is 0 Å². The second-order valence-electron chi connectivity index (χ2n) is 5.20. The van der Waals surface area contributed by atoms with Gasteiger partial charge >= 0.3 is 0 Å². The second kappa shape index (κ2) is 6.28. The van der Waals surface area contributed by atoms with Gasteiger partial charge in [-0.1, -0.05) is 30.3 Å². The Morgan fingerprint density at radius 1 is 1.26 bits per heavy atom. The lowest BCUT2D eigenvalue weighted by atomic mass is 10.0. The highest BCUT2D eigenvalue weighted by Gasteiger charge is 2.16. The maximum atomic E-state index is 9.00. The molecule has 0 aliphatic carbocycles. The number of hydrogen-bond donors (Lipinski definition) is 2. The molecule has 1 heterocycles. The van der Waals surface area contributed by atoms with E-state index in [1.807, 2.05) is 18.2 Å². The van der Waals surface area contributed by atoms with Gasteiger partial charge in [-0.15, -0.1) is 11.3 Å². The third-order valence-corrected chi connectivity index (χ3v) is 3.93. The average molecular weight is 276 g/mol. The highest BCUT2D eigenvalue weighted by Crippen LogP contribution is 2.22. The molecule has 0 aliphatic rings. The number of thiazole rings is 1. The first kappa shape index (κ1) is 14.2. The molecule has 0 radical (unpaired) electrons. The van der Waals surface area contributed by atoms with E-state index in [1.54, 1.807) is 11.3 Å². The summed E-state index contributed by atoms with van der Waals surface area (Å²) in [6.07, 6.45) is 0.740. The monoisotopic (exact) mass is 276 g/mol. The fourth-order valence-electron chi connectivity index (χ4n) is 1.82. The molecule has 2 N–H and O–H groups in total. The van der Waals surface area contributed by atoms with E-state index in [0.29, 0.717) is 0 Å². The van der Waals surface area contributed by atoms with Crippen molar-refractivity contribution in [2.75, 3.05) is 6.61 Å². The number of hydrogen-bond acceptors (Lipinski definition) is 4. The molecule has 0 fully saturated rings. The van der Waals surface area contributed by atoms with Crippen LogP contribution in [0.1, 0.15) is 25.3 Å². The predicted octanol–water partition coefficient (Wildman–Crippen LogP) is 3.06. The van der Waals surface area contributed by atoms with Gasteiger partial charge in [0.25, 0.3) is 0 Å². The summed E-state index contributed by atoms with van der Waals surface area (Å²) in [5.74, 6) is 0. The van der Waals surface area contributed by atoms with Crippen LogP contribution < -0.4 is 5.32 Å². The van der Waals surface area contributed by atoms with Crippen LogP contribution in [0.25, 0.3) is 11.3 Å². The van der Waals surface area contributed by atoms with Gasteiger partial charge in [-0.25, -0.2) is 4.98 Å². The maximum Gasteiger partial charge on any atom is 0.107 e. The molecule has 0 spiro atoms. The van der Waals surface area contributed by atoms with E-state index < -0.39 is 0 Å². The van der Waals surface area contributed by atoms with Crippen molar-refractivity contribution in [3.63, 3.8) is 0 Å². The van der Waals surface area contributed by atoms with Crippen molar-refractivity contribution in [2.45, 2.75) is 32.4 Å². The molecule has 1 aromatic heterocycles. The standard InChI is InChI=1S/C15H20N2OS/c1-15(2,8-9-18)16-10-14-17-13(11-19-14)12-6-4-3-5-7-12/h3-7,11,16,18H,8-10H2,1-2H3. The van der Waals surface area contributed by atoms with Crippen molar-refractivity contribution in [3.8, 4) is 11.3 Å². The van der Waals surface area contributed by atoms with Gasteiger partial charge in [0.05, 0.1) is 5.69 Å².